The van der Waals surface area contributed by atoms with Crippen LogP contribution in [0.15, 0.2) is 0 Å². The zero-order valence-electron chi connectivity index (χ0n) is 12.8. The molecule has 0 aromatic rings. The summed E-state index contributed by atoms with van der Waals surface area (Å²) in [6.45, 7) is 6.76. The molecule has 110 valence electrons. The van der Waals surface area contributed by atoms with Crippen LogP contribution in [0.3, 0.4) is 0 Å². The molecule has 0 atom stereocenters. The summed E-state index contributed by atoms with van der Waals surface area (Å²) in [6, 6.07) is 0.828. The van der Waals surface area contributed by atoms with E-state index in [1.807, 2.05) is 0 Å². The number of ether oxygens (including phenoxy) is 1. The van der Waals surface area contributed by atoms with Crippen LogP contribution in [-0.2, 0) is 4.74 Å². The molecule has 2 heteroatoms. The Balaban J connectivity index is 1.28. The van der Waals surface area contributed by atoms with Gasteiger partial charge in [0.25, 0.3) is 0 Å². The van der Waals surface area contributed by atoms with Gasteiger partial charge in [-0.25, -0.2) is 0 Å². The Morgan fingerprint density at radius 2 is 1.58 bits per heavy atom. The van der Waals surface area contributed by atoms with Crippen molar-refractivity contribution in [1.82, 2.24) is 5.32 Å². The Labute approximate surface area is 118 Å². The molecule has 3 fully saturated rings. The number of hydrogen-bond donors (Lipinski definition) is 1. The zero-order chi connectivity index (χ0) is 13.3. The maximum Gasteiger partial charge on any atom is 0.0594 e. The minimum absolute atomic E-state index is 0.537. The Morgan fingerprint density at radius 1 is 1.00 bits per heavy atom. The van der Waals surface area contributed by atoms with Gasteiger partial charge < -0.3 is 10.1 Å². The number of rotatable bonds is 7. The van der Waals surface area contributed by atoms with Crippen LogP contribution < -0.4 is 5.32 Å². The molecule has 3 saturated carbocycles. The molecule has 0 saturated heterocycles. The second kappa shape index (κ2) is 5.73. The van der Waals surface area contributed by atoms with Crippen molar-refractivity contribution in [2.45, 2.75) is 77.4 Å². The summed E-state index contributed by atoms with van der Waals surface area (Å²) >= 11 is 0. The molecule has 0 spiro atoms. The van der Waals surface area contributed by atoms with E-state index in [-0.39, 0.29) is 0 Å². The number of hydrogen-bond acceptors (Lipinski definition) is 2. The third-order valence-electron chi connectivity index (χ3n) is 5.38. The second-order valence-corrected chi connectivity index (χ2v) is 7.89. The molecule has 3 aliphatic rings. The first-order valence-corrected chi connectivity index (χ1v) is 8.49. The Kier molecular flexibility index (Phi) is 4.19. The Morgan fingerprint density at radius 3 is 2.11 bits per heavy atom. The lowest BCUT2D eigenvalue weighted by atomic mass is 9.76. The van der Waals surface area contributed by atoms with Gasteiger partial charge in [0.15, 0.2) is 0 Å². The average Bonchev–Trinajstić information content (AvgIpc) is 3.25. The third kappa shape index (κ3) is 4.19. The van der Waals surface area contributed by atoms with Crippen molar-refractivity contribution in [2.75, 3.05) is 13.2 Å². The fourth-order valence-electron chi connectivity index (χ4n) is 3.62. The molecule has 0 aromatic heterocycles. The molecule has 3 aliphatic carbocycles. The highest BCUT2D eigenvalue weighted by atomic mass is 16.5. The van der Waals surface area contributed by atoms with Crippen LogP contribution in [0.1, 0.15) is 65.2 Å². The number of nitrogens with one attached hydrogen (secondary N) is 1. The van der Waals surface area contributed by atoms with Crippen LogP contribution in [0.2, 0.25) is 0 Å². The monoisotopic (exact) mass is 265 g/mol. The molecule has 0 radical (unpaired) electrons. The summed E-state index contributed by atoms with van der Waals surface area (Å²) in [7, 11) is 0. The highest BCUT2D eigenvalue weighted by Crippen LogP contribution is 2.44. The molecule has 0 heterocycles. The third-order valence-corrected chi connectivity index (χ3v) is 5.38. The summed E-state index contributed by atoms with van der Waals surface area (Å²) in [5.74, 6) is 2.01. The Bertz CT molecular complexity index is 272. The maximum atomic E-state index is 6.06. The predicted molar refractivity (Wildman–Crippen MR) is 79.2 cm³/mol. The SMILES string of the molecule is CC1(C)CCC(OCCNC(C2CC2)C2CC2)CC1. The lowest BCUT2D eigenvalue weighted by Gasteiger charge is -2.34. The summed E-state index contributed by atoms with van der Waals surface area (Å²) < 4.78 is 6.06. The fourth-order valence-corrected chi connectivity index (χ4v) is 3.62. The smallest absolute Gasteiger partial charge is 0.0594 e. The van der Waals surface area contributed by atoms with E-state index in [0.29, 0.717) is 11.5 Å². The van der Waals surface area contributed by atoms with Gasteiger partial charge in [-0.1, -0.05) is 13.8 Å². The van der Waals surface area contributed by atoms with Crippen molar-refractivity contribution < 1.29 is 4.74 Å². The van der Waals surface area contributed by atoms with Crippen molar-refractivity contribution >= 4 is 0 Å². The topological polar surface area (TPSA) is 21.3 Å². The van der Waals surface area contributed by atoms with E-state index < -0.39 is 0 Å². The van der Waals surface area contributed by atoms with Crippen LogP contribution in [0.5, 0.6) is 0 Å². The molecule has 0 bridgehead atoms. The first-order valence-electron chi connectivity index (χ1n) is 8.49. The maximum absolute atomic E-state index is 6.06. The summed E-state index contributed by atoms with van der Waals surface area (Å²) in [5, 5.41) is 3.77. The van der Waals surface area contributed by atoms with Gasteiger partial charge in [0.1, 0.15) is 0 Å². The van der Waals surface area contributed by atoms with Gasteiger partial charge in [-0.2, -0.15) is 0 Å². The molecule has 0 aliphatic heterocycles. The van der Waals surface area contributed by atoms with E-state index in [0.717, 1.165) is 31.0 Å². The molecule has 19 heavy (non-hydrogen) atoms. The molecule has 0 unspecified atom stereocenters. The summed E-state index contributed by atoms with van der Waals surface area (Å²) in [5.41, 5.74) is 0.557. The van der Waals surface area contributed by atoms with Gasteiger partial charge in [0.2, 0.25) is 0 Å². The molecular formula is C17H31NO. The van der Waals surface area contributed by atoms with Gasteiger partial charge in [-0.15, -0.1) is 0 Å². The van der Waals surface area contributed by atoms with Gasteiger partial charge in [0, 0.05) is 12.6 Å². The lowest BCUT2D eigenvalue weighted by molar-refractivity contribution is 0.00495. The highest BCUT2D eigenvalue weighted by molar-refractivity contribution is 4.96. The van der Waals surface area contributed by atoms with Crippen LogP contribution >= 0.6 is 0 Å². The zero-order valence-corrected chi connectivity index (χ0v) is 12.8. The largest absolute Gasteiger partial charge is 0.377 e. The van der Waals surface area contributed by atoms with E-state index in [9.17, 15) is 0 Å². The van der Waals surface area contributed by atoms with E-state index in [4.69, 9.17) is 4.74 Å². The van der Waals surface area contributed by atoms with Crippen molar-refractivity contribution in [2.24, 2.45) is 17.3 Å². The molecule has 0 amide bonds. The summed E-state index contributed by atoms with van der Waals surface area (Å²) in [6.07, 6.45) is 11.6. The molecular weight excluding hydrogens is 234 g/mol. The van der Waals surface area contributed by atoms with Crippen LogP contribution in [0, 0.1) is 17.3 Å². The Hall–Kier alpha value is -0.0800. The van der Waals surface area contributed by atoms with E-state index >= 15 is 0 Å². The lowest BCUT2D eigenvalue weighted by Crippen LogP contribution is -2.36. The minimum atomic E-state index is 0.537. The average molecular weight is 265 g/mol. The second-order valence-electron chi connectivity index (χ2n) is 7.89. The predicted octanol–water partition coefficient (Wildman–Crippen LogP) is 3.75. The summed E-state index contributed by atoms with van der Waals surface area (Å²) in [4.78, 5) is 0. The quantitative estimate of drug-likeness (QED) is 0.708. The van der Waals surface area contributed by atoms with E-state index in [1.165, 1.54) is 51.4 Å². The van der Waals surface area contributed by atoms with Crippen LogP contribution in [0.4, 0.5) is 0 Å². The molecule has 2 nitrogen and oxygen atoms in total. The fraction of sp³-hybridized carbons (Fsp3) is 1.00. The van der Waals surface area contributed by atoms with Crippen molar-refractivity contribution in [3.8, 4) is 0 Å². The van der Waals surface area contributed by atoms with Crippen molar-refractivity contribution in [3.63, 3.8) is 0 Å². The van der Waals surface area contributed by atoms with Crippen molar-refractivity contribution in [1.29, 1.82) is 0 Å². The van der Waals surface area contributed by atoms with Crippen molar-refractivity contribution in [3.05, 3.63) is 0 Å². The van der Waals surface area contributed by atoms with Crippen LogP contribution in [0.25, 0.3) is 0 Å². The normalized spacial score (nSPS) is 27.9. The van der Waals surface area contributed by atoms with Gasteiger partial charge in [-0.3, -0.25) is 0 Å². The standard InChI is InChI=1S/C17H31NO/c1-17(2)9-7-15(8-10-17)19-12-11-18-16(13-3-4-13)14-5-6-14/h13-16,18H,3-12H2,1-2H3. The highest BCUT2D eigenvalue weighted by Gasteiger charge is 2.40. The molecule has 0 aromatic carbocycles. The van der Waals surface area contributed by atoms with Gasteiger partial charge >= 0.3 is 0 Å². The van der Waals surface area contributed by atoms with Gasteiger partial charge in [0.05, 0.1) is 12.7 Å². The molecule has 1 N–H and O–H groups in total. The first kappa shape index (κ1) is 13.9. The van der Waals surface area contributed by atoms with Gasteiger partial charge in [-0.05, 0) is 68.6 Å². The van der Waals surface area contributed by atoms with Crippen LogP contribution in [-0.4, -0.2) is 25.3 Å². The molecule has 3 rings (SSSR count). The minimum Gasteiger partial charge on any atom is -0.377 e. The van der Waals surface area contributed by atoms with E-state index in [1.54, 1.807) is 0 Å². The van der Waals surface area contributed by atoms with E-state index in [2.05, 4.69) is 19.2 Å². The first-order chi connectivity index (χ1) is 9.14.